The summed E-state index contributed by atoms with van der Waals surface area (Å²) in [5, 5.41) is 6.50. The Morgan fingerprint density at radius 2 is 2.22 bits per heavy atom. The zero-order chi connectivity index (χ0) is 16.2. The number of furan rings is 1. The van der Waals surface area contributed by atoms with Crippen molar-refractivity contribution in [2.45, 2.75) is 12.8 Å². The predicted octanol–water partition coefficient (Wildman–Crippen LogP) is 3.69. The summed E-state index contributed by atoms with van der Waals surface area (Å²) in [5.74, 6) is 0.367. The number of carbonyl (C=O) groups excluding carboxylic acids is 1. The Balaban J connectivity index is 1.57. The zero-order valence-corrected chi connectivity index (χ0v) is 12.5. The predicted molar refractivity (Wildman–Crippen MR) is 80.4 cm³/mol. The minimum absolute atomic E-state index is 0.119. The van der Waals surface area contributed by atoms with E-state index in [0.717, 1.165) is 6.07 Å². The van der Waals surface area contributed by atoms with Crippen LogP contribution in [0.5, 0.6) is 0 Å². The third-order valence-electron chi connectivity index (χ3n) is 2.98. The van der Waals surface area contributed by atoms with Crippen LogP contribution in [-0.4, -0.2) is 16.0 Å². The SMILES string of the molecule is O=C(CCc1nc(-c2ccco2)no1)Nc1ccc(F)cc1Cl. The second kappa shape index (κ2) is 6.62. The van der Waals surface area contributed by atoms with Crippen molar-refractivity contribution in [3.05, 3.63) is 53.3 Å². The summed E-state index contributed by atoms with van der Waals surface area (Å²) >= 11 is 5.85. The summed E-state index contributed by atoms with van der Waals surface area (Å²) in [5.41, 5.74) is 0.347. The van der Waals surface area contributed by atoms with Crippen LogP contribution in [0.25, 0.3) is 11.6 Å². The summed E-state index contributed by atoms with van der Waals surface area (Å²) in [6.07, 6.45) is 1.89. The summed E-state index contributed by atoms with van der Waals surface area (Å²) < 4.78 is 23.1. The van der Waals surface area contributed by atoms with Crippen molar-refractivity contribution < 1.29 is 18.1 Å². The van der Waals surface area contributed by atoms with Crippen molar-refractivity contribution in [3.63, 3.8) is 0 Å². The number of carbonyl (C=O) groups is 1. The van der Waals surface area contributed by atoms with Gasteiger partial charge in [0.2, 0.25) is 17.6 Å². The number of nitrogens with one attached hydrogen (secondary N) is 1. The molecule has 0 aliphatic carbocycles. The Morgan fingerprint density at radius 3 is 2.96 bits per heavy atom. The lowest BCUT2D eigenvalue weighted by molar-refractivity contribution is -0.116. The van der Waals surface area contributed by atoms with E-state index < -0.39 is 5.82 Å². The van der Waals surface area contributed by atoms with E-state index >= 15 is 0 Å². The van der Waals surface area contributed by atoms with Gasteiger partial charge in [0.05, 0.1) is 17.0 Å². The molecule has 0 unspecified atom stereocenters. The van der Waals surface area contributed by atoms with Crippen LogP contribution in [0.1, 0.15) is 12.3 Å². The molecule has 3 aromatic rings. The van der Waals surface area contributed by atoms with Gasteiger partial charge in [0.25, 0.3) is 0 Å². The highest BCUT2D eigenvalue weighted by atomic mass is 35.5. The first kappa shape index (κ1) is 15.2. The molecule has 3 rings (SSSR count). The van der Waals surface area contributed by atoms with Crippen LogP contribution in [0.15, 0.2) is 45.5 Å². The number of amides is 1. The molecule has 8 heteroatoms. The van der Waals surface area contributed by atoms with Gasteiger partial charge in [-0.25, -0.2) is 4.39 Å². The lowest BCUT2D eigenvalue weighted by Crippen LogP contribution is -2.12. The van der Waals surface area contributed by atoms with E-state index in [9.17, 15) is 9.18 Å². The minimum atomic E-state index is -0.468. The normalized spacial score (nSPS) is 10.7. The van der Waals surface area contributed by atoms with E-state index in [1.165, 1.54) is 18.4 Å². The molecule has 0 aliphatic heterocycles. The van der Waals surface area contributed by atoms with Crippen molar-refractivity contribution in [2.75, 3.05) is 5.32 Å². The van der Waals surface area contributed by atoms with E-state index in [-0.39, 0.29) is 23.8 Å². The number of halogens is 2. The highest BCUT2D eigenvalue weighted by Crippen LogP contribution is 2.22. The van der Waals surface area contributed by atoms with Gasteiger partial charge in [0.15, 0.2) is 5.76 Å². The molecule has 0 fully saturated rings. The molecule has 0 saturated heterocycles. The number of aryl methyl sites for hydroxylation is 1. The van der Waals surface area contributed by atoms with Crippen LogP contribution in [0.3, 0.4) is 0 Å². The van der Waals surface area contributed by atoms with Gasteiger partial charge in [0.1, 0.15) is 5.82 Å². The zero-order valence-electron chi connectivity index (χ0n) is 11.8. The fraction of sp³-hybridized carbons (Fsp3) is 0.133. The van der Waals surface area contributed by atoms with Crippen molar-refractivity contribution in [1.82, 2.24) is 10.1 Å². The first-order valence-electron chi connectivity index (χ1n) is 6.73. The van der Waals surface area contributed by atoms with Crippen molar-refractivity contribution >= 4 is 23.2 Å². The van der Waals surface area contributed by atoms with E-state index in [1.54, 1.807) is 12.1 Å². The Hall–Kier alpha value is -2.67. The molecule has 1 amide bonds. The molecule has 2 heterocycles. The first-order chi connectivity index (χ1) is 11.1. The second-order valence-electron chi connectivity index (χ2n) is 4.66. The number of hydrogen-bond acceptors (Lipinski definition) is 5. The molecule has 0 spiro atoms. The fourth-order valence-corrected chi connectivity index (χ4v) is 2.10. The second-order valence-corrected chi connectivity index (χ2v) is 5.07. The van der Waals surface area contributed by atoms with Gasteiger partial charge in [-0.1, -0.05) is 16.8 Å². The average molecular weight is 336 g/mol. The van der Waals surface area contributed by atoms with Crippen molar-refractivity contribution in [1.29, 1.82) is 0 Å². The van der Waals surface area contributed by atoms with Gasteiger partial charge in [0, 0.05) is 12.8 Å². The highest BCUT2D eigenvalue weighted by Gasteiger charge is 2.13. The van der Waals surface area contributed by atoms with Gasteiger partial charge in [-0.15, -0.1) is 0 Å². The maximum Gasteiger partial charge on any atom is 0.238 e. The molecule has 0 bridgehead atoms. The van der Waals surface area contributed by atoms with Gasteiger partial charge in [-0.3, -0.25) is 4.79 Å². The van der Waals surface area contributed by atoms with E-state index in [1.807, 2.05) is 0 Å². The molecule has 0 saturated carbocycles. The molecule has 23 heavy (non-hydrogen) atoms. The summed E-state index contributed by atoms with van der Waals surface area (Å²) in [6.45, 7) is 0. The van der Waals surface area contributed by atoms with Gasteiger partial charge >= 0.3 is 0 Å². The van der Waals surface area contributed by atoms with Crippen LogP contribution in [0.4, 0.5) is 10.1 Å². The highest BCUT2D eigenvalue weighted by molar-refractivity contribution is 6.33. The summed E-state index contributed by atoms with van der Waals surface area (Å²) in [7, 11) is 0. The Labute approximate surface area is 135 Å². The third kappa shape index (κ3) is 3.75. The monoisotopic (exact) mass is 335 g/mol. The van der Waals surface area contributed by atoms with Crippen LogP contribution < -0.4 is 5.32 Å². The molecule has 1 N–H and O–H groups in total. The molecular formula is C15H11ClFN3O3. The molecular weight excluding hydrogens is 325 g/mol. The third-order valence-corrected chi connectivity index (χ3v) is 3.29. The number of benzene rings is 1. The Morgan fingerprint density at radius 1 is 1.35 bits per heavy atom. The van der Waals surface area contributed by atoms with Crippen molar-refractivity contribution in [2.24, 2.45) is 0 Å². The average Bonchev–Trinajstić information content (AvgIpc) is 3.18. The molecule has 6 nitrogen and oxygen atoms in total. The Bertz CT molecular complexity index is 817. The molecule has 0 radical (unpaired) electrons. The van der Waals surface area contributed by atoms with Crippen molar-refractivity contribution in [3.8, 4) is 11.6 Å². The standard InChI is InChI=1S/C15H11ClFN3O3/c16-10-8-9(17)3-4-11(10)18-13(21)5-6-14-19-15(20-23-14)12-2-1-7-22-12/h1-4,7-8H,5-6H2,(H,18,21). The minimum Gasteiger partial charge on any atom is -0.461 e. The number of aromatic nitrogens is 2. The van der Waals surface area contributed by atoms with Crippen LogP contribution in [0, 0.1) is 5.82 Å². The lowest BCUT2D eigenvalue weighted by atomic mass is 10.2. The number of nitrogens with zero attached hydrogens (tertiary/aromatic N) is 2. The first-order valence-corrected chi connectivity index (χ1v) is 7.11. The van der Waals surface area contributed by atoms with E-state index in [0.29, 0.717) is 23.2 Å². The molecule has 118 valence electrons. The van der Waals surface area contributed by atoms with Crippen LogP contribution >= 0.6 is 11.6 Å². The number of hydrogen-bond donors (Lipinski definition) is 1. The maximum absolute atomic E-state index is 12.9. The Kier molecular flexibility index (Phi) is 4.38. The quantitative estimate of drug-likeness (QED) is 0.769. The van der Waals surface area contributed by atoms with Crippen LogP contribution in [0.2, 0.25) is 5.02 Å². The number of anilines is 1. The lowest BCUT2D eigenvalue weighted by Gasteiger charge is -2.06. The topological polar surface area (TPSA) is 81.2 Å². The van der Waals surface area contributed by atoms with Crippen LogP contribution in [-0.2, 0) is 11.2 Å². The largest absolute Gasteiger partial charge is 0.461 e. The van der Waals surface area contributed by atoms with Gasteiger partial charge < -0.3 is 14.3 Å². The molecule has 0 aliphatic rings. The van der Waals surface area contributed by atoms with E-state index in [4.69, 9.17) is 20.5 Å². The van der Waals surface area contributed by atoms with Gasteiger partial charge in [-0.2, -0.15) is 4.98 Å². The molecule has 0 atom stereocenters. The number of rotatable bonds is 5. The summed E-state index contributed by atoms with van der Waals surface area (Å²) in [6, 6.07) is 7.17. The van der Waals surface area contributed by atoms with Gasteiger partial charge in [-0.05, 0) is 30.3 Å². The maximum atomic E-state index is 12.9. The molecule has 2 aromatic heterocycles. The fourth-order valence-electron chi connectivity index (χ4n) is 1.89. The smallest absolute Gasteiger partial charge is 0.238 e. The van der Waals surface area contributed by atoms with E-state index in [2.05, 4.69) is 15.5 Å². The summed E-state index contributed by atoms with van der Waals surface area (Å²) in [4.78, 5) is 16.0. The molecule has 1 aromatic carbocycles.